The van der Waals surface area contributed by atoms with Gasteiger partial charge in [0.1, 0.15) is 5.75 Å². The summed E-state index contributed by atoms with van der Waals surface area (Å²) in [6, 6.07) is 5.52. The van der Waals surface area contributed by atoms with Gasteiger partial charge < -0.3 is 10.1 Å². The van der Waals surface area contributed by atoms with Crippen LogP contribution in [-0.4, -0.2) is 18.7 Å². The predicted molar refractivity (Wildman–Crippen MR) is 85.7 cm³/mol. The number of hydrogen-bond donors (Lipinski definition) is 1. The van der Waals surface area contributed by atoms with Crippen molar-refractivity contribution in [1.29, 1.82) is 5.26 Å². The molecule has 0 radical (unpaired) electrons. The van der Waals surface area contributed by atoms with Crippen molar-refractivity contribution in [3.63, 3.8) is 0 Å². The van der Waals surface area contributed by atoms with E-state index in [0.29, 0.717) is 11.8 Å². The molecule has 0 unspecified atom stereocenters. The van der Waals surface area contributed by atoms with Gasteiger partial charge in [-0.2, -0.15) is 18.4 Å². The Morgan fingerprint density at radius 2 is 1.96 bits per heavy atom. The Kier molecular flexibility index (Phi) is 6.50. The molecule has 0 heterocycles. The lowest BCUT2D eigenvalue weighted by molar-refractivity contribution is -0.137. The van der Waals surface area contributed by atoms with E-state index in [4.69, 9.17) is 10.00 Å². The SMILES string of the molecule is CCCCNC1CCC(Oc2ccc(C(F)(F)F)c(C#N)c2)CC1. The van der Waals surface area contributed by atoms with Crippen molar-refractivity contribution in [3.8, 4) is 11.8 Å². The summed E-state index contributed by atoms with van der Waals surface area (Å²) in [5.41, 5.74) is -1.31. The van der Waals surface area contributed by atoms with Crippen LogP contribution in [0.25, 0.3) is 0 Å². The van der Waals surface area contributed by atoms with Crippen LogP contribution in [0.4, 0.5) is 13.2 Å². The highest BCUT2D eigenvalue weighted by Gasteiger charge is 2.34. The fourth-order valence-electron chi connectivity index (χ4n) is 3.00. The van der Waals surface area contributed by atoms with Gasteiger partial charge in [-0.05, 0) is 56.8 Å². The molecule has 1 N–H and O–H groups in total. The summed E-state index contributed by atoms with van der Waals surface area (Å²) < 4.78 is 44.2. The lowest BCUT2D eigenvalue weighted by Crippen LogP contribution is -2.36. The first-order valence-corrected chi connectivity index (χ1v) is 8.45. The lowest BCUT2D eigenvalue weighted by atomic mass is 9.93. The molecule has 1 aromatic rings. The highest BCUT2D eigenvalue weighted by Crippen LogP contribution is 2.34. The van der Waals surface area contributed by atoms with Gasteiger partial charge in [-0.25, -0.2) is 0 Å². The molecule has 0 aliphatic heterocycles. The quantitative estimate of drug-likeness (QED) is 0.766. The first-order chi connectivity index (χ1) is 11.4. The summed E-state index contributed by atoms with van der Waals surface area (Å²) in [6.45, 7) is 3.18. The molecule has 0 atom stereocenters. The van der Waals surface area contributed by atoms with E-state index in [2.05, 4.69) is 12.2 Å². The summed E-state index contributed by atoms with van der Waals surface area (Å²) in [5.74, 6) is 0.335. The Labute approximate surface area is 140 Å². The molecule has 132 valence electrons. The number of rotatable bonds is 6. The van der Waals surface area contributed by atoms with E-state index in [9.17, 15) is 13.2 Å². The Bertz CT molecular complexity index is 573. The highest BCUT2D eigenvalue weighted by atomic mass is 19.4. The van der Waals surface area contributed by atoms with Gasteiger partial charge in [0.05, 0.1) is 23.3 Å². The summed E-state index contributed by atoms with van der Waals surface area (Å²) >= 11 is 0. The van der Waals surface area contributed by atoms with Crippen LogP contribution < -0.4 is 10.1 Å². The number of benzene rings is 1. The Morgan fingerprint density at radius 3 is 2.54 bits per heavy atom. The van der Waals surface area contributed by atoms with Gasteiger partial charge in [0, 0.05) is 6.04 Å². The second kappa shape index (κ2) is 8.39. The van der Waals surface area contributed by atoms with Crippen LogP contribution >= 0.6 is 0 Å². The molecule has 0 spiro atoms. The molecule has 6 heteroatoms. The minimum atomic E-state index is -4.52. The maximum absolute atomic E-state index is 12.8. The molecular weight excluding hydrogens is 317 g/mol. The predicted octanol–water partition coefficient (Wildman–Crippen LogP) is 4.66. The molecule has 24 heavy (non-hydrogen) atoms. The van der Waals surface area contributed by atoms with Crippen molar-refractivity contribution in [1.82, 2.24) is 5.32 Å². The average molecular weight is 340 g/mol. The van der Waals surface area contributed by atoms with Crippen LogP contribution in [0.1, 0.15) is 56.6 Å². The van der Waals surface area contributed by atoms with Gasteiger partial charge in [-0.15, -0.1) is 0 Å². The van der Waals surface area contributed by atoms with Crippen LogP contribution in [-0.2, 0) is 6.18 Å². The third kappa shape index (κ3) is 5.13. The zero-order chi connectivity index (χ0) is 17.6. The van der Waals surface area contributed by atoms with Gasteiger partial charge >= 0.3 is 6.18 Å². The van der Waals surface area contributed by atoms with Crippen LogP contribution in [0.2, 0.25) is 0 Å². The molecule has 0 aromatic heterocycles. The maximum atomic E-state index is 12.8. The van der Waals surface area contributed by atoms with Crippen molar-refractivity contribution in [2.24, 2.45) is 0 Å². The second-order valence-electron chi connectivity index (χ2n) is 6.22. The number of nitriles is 1. The largest absolute Gasteiger partial charge is 0.490 e. The second-order valence-corrected chi connectivity index (χ2v) is 6.22. The van der Waals surface area contributed by atoms with Crippen LogP contribution in [0.15, 0.2) is 18.2 Å². The van der Waals surface area contributed by atoms with Gasteiger partial charge in [0.25, 0.3) is 0 Å². The molecule has 1 aromatic carbocycles. The molecule has 1 aliphatic rings. The van der Waals surface area contributed by atoms with Crippen molar-refractivity contribution < 1.29 is 17.9 Å². The third-order valence-corrected chi connectivity index (χ3v) is 4.36. The van der Waals surface area contributed by atoms with Gasteiger partial charge in [0.15, 0.2) is 0 Å². The van der Waals surface area contributed by atoms with Gasteiger partial charge in [-0.3, -0.25) is 0 Å². The molecule has 1 aliphatic carbocycles. The first-order valence-electron chi connectivity index (χ1n) is 8.45. The Balaban J connectivity index is 1.90. The Morgan fingerprint density at radius 1 is 1.25 bits per heavy atom. The number of alkyl halides is 3. The van der Waals surface area contributed by atoms with E-state index in [1.54, 1.807) is 6.07 Å². The van der Waals surface area contributed by atoms with E-state index >= 15 is 0 Å². The molecular formula is C18H23F3N2O. The summed E-state index contributed by atoms with van der Waals surface area (Å²) in [7, 11) is 0. The molecule has 1 saturated carbocycles. The van der Waals surface area contributed by atoms with E-state index in [-0.39, 0.29) is 6.10 Å². The fourth-order valence-corrected chi connectivity index (χ4v) is 3.00. The number of nitrogens with one attached hydrogen (secondary N) is 1. The zero-order valence-electron chi connectivity index (χ0n) is 13.8. The van der Waals surface area contributed by atoms with Crippen molar-refractivity contribution in [3.05, 3.63) is 29.3 Å². The monoisotopic (exact) mass is 340 g/mol. The van der Waals surface area contributed by atoms with Gasteiger partial charge in [-0.1, -0.05) is 13.3 Å². The normalized spacial score (nSPS) is 21.3. The van der Waals surface area contributed by atoms with Crippen molar-refractivity contribution in [2.45, 2.75) is 63.8 Å². The first kappa shape index (κ1) is 18.6. The van der Waals surface area contributed by atoms with E-state index < -0.39 is 17.3 Å². The molecule has 1 fully saturated rings. The third-order valence-electron chi connectivity index (χ3n) is 4.36. The van der Waals surface area contributed by atoms with E-state index in [1.165, 1.54) is 25.0 Å². The van der Waals surface area contributed by atoms with E-state index in [1.807, 2.05) is 0 Å². The summed E-state index contributed by atoms with van der Waals surface area (Å²) in [5, 5.41) is 12.5. The van der Waals surface area contributed by atoms with Crippen LogP contribution in [0.5, 0.6) is 5.75 Å². The van der Waals surface area contributed by atoms with Crippen LogP contribution in [0.3, 0.4) is 0 Å². The number of halogens is 3. The smallest absolute Gasteiger partial charge is 0.417 e. The lowest BCUT2D eigenvalue weighted by Gasteiger charge is -2.29. The summed E-state index contributed by atoms with van der Waals surface area (Å²) in [4.78, 5) is 0. The molecule has 2 rings (SSSR count). The summed E-state index contributed by atoms with van der Waals surface area (Å²) in [6.07, 6.45) is 1.54. The maximum Gasteiger partial charge on any atom is 0.417 e. The average Bonchev–Trinajstić information content (AvgIpc) is 2.55. The molecule has 0 bridgehead atoms. The highest BCUT2D eigenvalue weighted by molar-refractivity contribution is 5.44. The fraction of sp³-hybridized carbons (Fsp3) is 0.611. The number of ether oxygens (including phenoxy) is 1. The van der Waals surface area contributed by atoms with Crippen LogP contribution in [0, 0.1) is 11.3 Å². The molecule has 0 amide bonds. The molecule has 0 saturated heterocycles. The minimum Gasteiger partial charge on any atom is -0.490 e. The Hall–Kier alpha value is -1.74. The number of hydrogen-bond acceptors (Lipinski definition) is 3. The van der Waals surface area contributed by atoms with E-state index in [0.717, 1.165) is 38.3 Å². The topological polar surface area (TPSA) is 45.0 Å². The molecule has 3 nitrogen and oxygen atoms in total. The van der Waals surface area contributed by atoms with Gasteiger partial charge in [0.2, 0.25) is 0 Å². The zero-order valence-corrected chi connectivity index (χ0v) is 13.8. The number of unbranched alkanes of at least 4 members (excludes halogenated alkanes) is 1. The minimum absolute atomic E-state index is 0.00231. The standard InChI is InChI=1S/C18H23F3N2O/c1-2-3-10-23-14-4-6-15(7-5-14)24-16-8-9-17(18(19,20)21)13(11-16)12-22/h8-9,11,14-15,23H,2-7,10H2,1H3. The van der Waals surface area contributed by atoms with Crippen molar-refractivity contribution >= 4 is 0 Å². The number of nitrogens with zero attached hydrogens (tertiary/aromatic N) is 1. The van der Waals surface area contributed by atoms with Crippen molar-refractivity contribution in [2.75, 3.05) is 6.54 Å².